The molecule has 0 radical (unpaired) electrons. The number of alkyl halides is 13. The smallest absolute Gasteiger partial charge is 0.460 e. The molecule has 0 amide bonds. The molecule has 1 atom stereocenters. The Morgan fingerprint density at radius 1 is 0.756 bits per heavy atom. The summed E-state index contributed by atoms with van der Waals surface area (Å²) in [6, 6.07) is -1.07. The fraction of sp³-hybridized carbons (Fsp3) is 0.875. The Bertz CT molecular complexity index is 892. The number of esters is 1. The first-order valence-electron chi connectivity index (χ1n) is 12.6. The largest absolute Gasteiger partial charge is 0.463 e. The van der Waals surface area contributed by atoms with Gasteiger partial charge < -0.3 is 9.16 Å². The van der Waals surface area contributed by atoms with Crippen molar-refractivity contribution in [3.8, 4) is 0 Å². The first-order valence-corrected chi connectivity index (χ1v) is 14.9. The monoisotopic (exact) mass is 646 g/mol. The van der Waals surface area contributed by atoms with Crippen molar-refractivity contribution >= 4 is 14.3 Å². The molecule has 0 heterocycles. The van der Waals surface area contributed by atoms with Crippen molar-refractivity contribution in [2.45, 2.75) is 114 Å². The van der Waals surface area contributed by atoms with Gasteiger partial charge in [-0.25, -0.2) is 4.79 Å². The second-order valence-corrected chi connectivity index (χ2v) is 15.3. The molecule has 0 bridgehead atoms. The van der Waals surface area contributed by atoms with Crippen LogP contribution in [0.3, 0.4) is 0 Å². The third-order valence-corrected chi connectivity index (χ3v) is 12.6. The molecule has 0 rings (SSSR count). The Balaban J connectivity index is 6.32. The molecule has 41 heavy (non-hydrogen) atoms. The van der Waals surface area contributed by atoms with Crippen LogP contribution in [-0.4, -0.2) is 63.3 Å². The fourth-order valence-electron chi connectivity index (χ4n) is 4.17. The maximum Gasteiger partial charge on any atom is 0.460 e. The predicted molar refractivity (Wildman–Crippen MR) is 126 cm³/mol. The maximum absolute atomic E-state index is 14.6. The van der Waals surface area contributed by atoms with Crippen molar-refractivity contribution in [2.24, 2.45) is 5.92 Å². The first-order chi connectivity index (χ1) is 18.1. The minimum absolute atomic E-state index is 0.0751. The number of hydrogen-bond acceptors (Lipinski definition) is 3. The SMILES string of the molecule is CCOC(=O)/C(C)=C/[C@@H](CC)CO[Si](CCC(F)(F)C(F)(F)C(F)(F)C(F)(F)C(F)(F)C(F)(F)F)(C(C)C)C(C)C. The number of ether oxygens (including phenoxy) is 1. The van der Waals surface area contributed by atoms with Gasteiger partial charge in [0, 0.05) is 18.6 Å². The molecule has 0 saturated carbocycles. The highest BCUT2D eigenvalue weighted by atomic mass is 28.4. The van der Waals surface area contributed by atoms with Crippen LogP contribution in [0.2, 0.25) is 17.1 Å². The summed E-state index contributed by atoms with van der Waals surface area (Å²) in [6.07, 6.45) is -7.93. The number of carbonyl (C=O) groups excluding carboxylic acids is 1. The third kappa shape index (κ3) is 7.71. The molecule has 0 aromatic heterocycles. The van der Waals surface area contributed by atoms with Crippen LogP contribution in [0.1, 0.15) is 61.3 Å². The van der Waals surface area contributed by atoms with Gasteiger partial charge in [0.25, 0.3) is 0 Å². The molecular weight excluding hydrogens is 611 g/mol. The van der Waals surface area contributed by atoms with Crippen LogP contribution < -0.4 is 0 Å². The molecule has 0 spiro atoms. The fourth-order valence-corrected chi connectivity index (χ4v) is 8.70. The molecule has 0 fully saturated rings. The third-order valence-electron chi connectivity index (χ3n) is 6.96. The summed E-state index contributed by atoms with van der Waals surface area (Å²) >= 11 is 0. The number of rotatable bonds is 16. The van der Waals surface area contributed by atoms with E-state index in [9.17, 15) is 61.9 Å². The number of carbonyl (C=O) groups is 1. The lowest BCUT2D eigenvalue weighted by molar-refractivity contribution is -0.440. The standard InChI is InChI=1S/C24H35F13O3Si/c1-8-17(12-16(7)18(38)39-9-2)13-40-41(14(3)4,15(5)6)11-10-19(25,26)20(27,28)21(29,30)22(31,32)23(33,34)24(35,36)37/h12,14-15,17H,8-11,13H2,1-7H3/b16-12+/t17-/m1/s1. The van der Waals surface area contributed by atoms with Crippen LogP contribution in [0.15, 0.2) is 11.6 Å². The van der Waals surface area contributed by atoms with Gasteiger partial charge in [0.1, 0.15) is 0 Å². The van der Waals surface area contributed by atoms with Crippen LogP contribution in [0, 0.1) is 5.92 Å². The van der Waals surface area contributed by atoms with Gasteiger partial charge in [-0.15, -0.1) is 0 Å². The predicted octanol–water partition coefficient (Wildman–Crippen LogP) is 9.43. The van der Waals surface area contributed by atoms with Gasteiger partial charge in [0.2, 0.25) is 0 Å². The maximum atomic E-state index is 14.6. The van der Waals surface area contributed by atoms with Gasteiger partial charge in [-0.2, -0.15) is 57.1 Å². The van der Waals surface area contributed by atoms with Gasteiger partial charge in [0.05, 0.1) is 6.61 Å². The van der Waals surface area contributed by atoms with Crippen molar-refractivity contribution in [3.05, 3.63) is 11.6 Å². The van der Waals surface area contributed by atoms with E-state index in [-0.39, 0.29) is 18.8 Å². The minimum atomic E-state index is -7.93. The Labute approximate surface area is 230 Å². The van der Waals surface area contributed by atoms with Crippen LogP contribution in [-0.2, 0) is 14.0 Å². The van der Waals surface area contributed by atoms with Crippen molar-refractivity contribution in [2.75, 3.05) is 13.2 Å². The van der Waals surface area contributed by atoms with E-state index in [2.05, 4.69) is 0 Å². The summed E-state index contributed by atoms with van der Waals surface area (Å²) < 4.78 is 187. The summed E-state index contributed by atoms with van der Waals surface area (Å²) in [6.45, 7) is 10.3. The molecule has 17 heteroatoms. The van der Waals surface area contributed by atoms with E-state index in [1.54, 1.807) is 13.8 Å². The highest BCUT2D eigenvalue weighted by Crippen LogP contribution is 2.61. The Hall–Kier alpha value is -1.52. The van der Waals surface area contributed by atoms with E-state index in [4.69, 9.17) is 9.16 Å². The van der Waals surface area contributed by atoms with Crippen LogP contribution in [0.5, 0.6) is 0 Å². The highest BCUT2D eigenvalue weighted by molar-refractivity contribution is 6.76. The summed E-state index contributed by atoms with van der Waals surface area (Å²) in [4.78, 5) is 11.9. The molecule has 0 saturated heterocycles. The molecule has 0 aliphatic carbocycles. The molecular formula is C24H35F13O3Si. The van der Waals surface area contributed by atoms with Crippen LogP contribution >= 0.6 is 0 Å². The molecule has 0 N–H and O–H groups in total. The lowest BCUT2D eigenvalue weighted by Gasteiger charge is -2.42. The van der Waals surface area contributed by atoms with Crippen molar-refractivity contribution in [1.29, 1.82) is 0 Å². The highest BCUT2D eigenvalue weighted by Gasteiger charge is 2.90. The summed E-state index contributed by atoms with van der Waals surface area (Å²) in [5.74, 6) is -38.2. The molecule has 0 aliphatic rings. The van der Waals surface area contributed by atoms with Crippen molar-refractivity contribution in [3.63, 3.8) is 0 Å². The first kappa shape index (κ1) is 39.5. The Kier molecular flexibility index (Phi) is 12.9. The number of halogens is 13. The lowest BCUT2D eigenvalue weighted by Crippen LogP contribution is -2.70. The Morgan fingerprint density at radius 3 is 1.56 bits per heavy atom. The lowest BCUT2D eigenvalue weighted by atomic mass is 9.93. The van der Waals surface area contributed by atoms with Gasteiger partial charge >= 0.3 is 41.8 Å². The van der Waals surface area contributed by atoms with E-state index >= 15 is 0 Å². The molecule has 244 valence electrons. The van der Waals surface area contributed by atoms with E-state index in [0.29, 0.717) is 6.42 Å². The van der Waals surface area contributed by atoms with Gasteiger partial charge in [0.15, 0.2) is 8.32 Å². The summed E-state index contributed by atoms with van der Waals surface area (Å²) in [7, 11) is -3.70. The van der Waals surface area contributed by atoms with Gasteiger partial charge in [-0.3, -0.25) is 0 Å². The van der Waals surface area contributed by atoms with E-state index in [0.717, 1.165) is 0 Å². The summed E-state index contributed by atoms with van der Waals surface area (Å²) in [5, 5.41) is 0. The number of hydrogen-bond donors (Lipinski definition) is 0. The Morgan fingerprint density at radius 2 is 1.20 bits per heavy atom. The molecule has 0 aliphatic heterocycles. The molecule has 0 aromatic carbocycles. The van der Waals surface area contributed by atoms with Crippen molar-refractivity contribution < 1.29 is 71.0 Å². The average molecular weight is 647 g/mol. The van der Waals surface area contributed by atoms with Crippen LogP contribution in [0.25, 0.3) is 0 Å². The zero-order valence-corrected chi connectivity index (χ0v) is 24.5. The summed E-state index contributed by atoms with van der Waals surface area (Å²) in [5.41, 5.74) is -1.17. The molecule has 0 unspecified atom stereocenters. The normalized spacial score (nSPS) is 16.0. The average Bonchev–Trinajstić information content (AvgIpc) is 2.81. The van der Waals surface area contributed by atoms with Crippen molar-refractivity contribution in [1.82, 2.24) is 0 Å². The zero-order chi connectivity index (χ0) is 33.0. The second-order valence-electron chi connectivity index (χ2n) is 10.3. The van der Waals surface area contributed by atoms with E-state index in [1.165, 1.54) is 40.7 Å². The van der Waals surface area contributed by atoms with E-state index in [1.807, 2.05) is 0 Å². The quantitative estimate of drug-likeness (QED) is 0.0726. The molecule has 3 nitrogen and oxygen atoms in total. The second kappa shape index (κ2) is 13.4. The van der Waals surface area contributed by atoms with E-state index < -0.39 is 79.5 Å². The minimum Gasteiger partial charge on any atom is -0.463 e. The van der Waals surface area contributed by atoms with Gasteiger partial charge in [-0.1, -0.05) is 40.7 Å². The topological polar surface area (TPSA) is 35.5 Å². The zero-order valence-electron chi connectivity index (χ0n) is 23.5. The molecule has 0 aromatic rings. The van der Waals surface area contributed by atoms with Crippen LogP contribution in [0.4, 0.5) is 57.1 Å². The van der Waals surface area contributed by atoms with Gasteiger partial charge in [-0.05, 0) is 43.3 Å².